The number of imidazole rings is 1. The largest absolute Gasteiger partial charge is 0.309 e. The maximum Gasteiger partial charge on any atom is 0.278 e. The Kier molecular flexibility index (Phi) is 4.22. The number of amides is 1. The standard InChI is InChI=1S/C21H16ClN7O/c1-12-15-7-13(3-5-16(15)27-26-12)18-9-25-20-10-23-17(11-29(18)20)21(30)28(2)14-4-6-19(22)24-8-14/h3-11H,1-2H3,(H,26,27). The van der Waals surface area contributed by atoms with Gasteiger partial charge in [-0.3, -0.25) is 14.3 Å². The van der Waals surface area contributed by atoms with Crippen LogP contribution in [-0.4, -0.2) is 42.5 Å². The molecule has 0 aliphatic rings. The molecule has 0 saturated carbocycles. The first-order chi connectivity index (χ1) is 14.5. The number of aryl methyl sites for hydroxylation is 1. The smallest absolute Gasteiger partial charge is 0.278 e. The molecule has 9 heteroatoms. The van der Waals surface area contributed by atoms with Crippen LogP contribution in [0.25, 0.3) is 27.8 Å². The number of nitrogens with one attached hydrogen (secondary N) is 1. The third-order valence-electron chi connectivity index (χ3n) is 5.07. The number of rotatable bonds is 3. The van der Waals surface area contributed by atoms with E-state index in [1.54, 1.807) is 44.0 Å². The number of fused-ring (bicyclic) bond motifs is 2. The minimum absolute atomic E-state index is 0.262. The van der Waals surface area contributed by atoms with Gasteiger partial charge in [-0.2, -0.15) is 5.10 Å². The van der Waals surface area contributed by atoms with E-state index in [-0.39, 0.29) is 5.91 Å². The number of aromatic amines is 1. The lowest BCUT2D eigenvalue weighted by molar-refractivity contribution is 0.0987. The van der Waals surface area contributed by atoms with Crippen LogP contribution in [0.2, 0.25) is 5.15 Å². The molecule has 0 aliphatic carbocycles. The van der Waals surface area contributed by atoms with Crippen molar-refractivity contribution in [3.05, 3.63) is 71.7 Å². The van der Waals surface area contributed by atoms with Crippen molar-refractivity contribution in [2.45, 2.75) is 6.92 Å². The molecule has 0 spiro atoms. The fourth-order valence-electron chi connectivity index (χ4n) is 3.37. The number of aromatic nitrogens is 6. The SMILES string of the molecule is Cc1n[nH]c2ccc(-c3cnc4cnc(C(=O)N(C)c5ccc(Cl)nc5)cn34)cc12. The summed E-state index contributed by atoms with van der Waals surface area (Å²) in [5.41, 5.74) is 5.30. The van der Waals surface area contributed by atoms with E-state index in [2.05, 4.69) is 31.2 Å². The van der Waals surface area contributed by atoms with Crippen molar-refractivity contribution in [3.8, 4) is 11.3 Å². The number of H-pyrrole nitrogens is 1. The molecule has 8 nitrogen and oxygen atoms in total. The molecule has 1 N–H and O–H groups in total. The van der Waals surface area contributed by atoms with E-state index in [0.29, 0.717) is 22.2 Å². The summed E-state index contributed by atoms with van der Waals surface area (Å²) in [5, 5.41) is 8.67. The van der Waals surface area contributed by atoms with Crippen LogP contribution in [0.1, 0.15) is 16.2 Å². The van der Waals surface area contributed by atoms with E-state index >= 15 is 0 Å². The third-order valence-corrected chi connectivity index (χ3v) is 5.29. The van der Waals surface area contributed by atoms with E-state index in [1.807, 2.05) is 23.5 Å². The van der Waals surface area contributed by atoms with Crippen molar-refractivity contribution < 1.29 is 4.79 Å². The average molecular weight is 418 g/mol. The Hall–Kier alpha value is -3.78. The van der Waals surface area contributed by atoms with Gasteiger partial charge in [-0.25, -0.2) is 15.0 Å². The predicted octanol–water partition coefficient (Wildman–Crippen LogP) is 3.91. The summed E-state index contributed by atoms with van der Waals surface area (Å²) < 4.78 is 1.87. The van der Waals surface area contributed by atoms with Gasteiger partial charge in [0, 0.05) is 24.2 Å². The highest BCUT2D eigenvalue weighted by atomic mass is 35.5. The van der Waals surface area contributed by atoms with Gasteiger partial charge in [0.25, 0.3) is 5.91 Å². The summed E-state index contributed by atoms with van der Waals surface area (Å²) in [4.78, 5) is 27.2. The normalized spacial score (nSPS) is 11.3. The van der Waals surface area contributed by atoms with Gasteiger partial charge in [0.2, 0.25) is 0 Å². The van der Waals surface area contributed by atoms with Gasteiger partial charge < -0.3 is 4.90 Å². The lowest BCUT2D eigenvalue weighted by atomic mass is 10.1. The molecule has 0 atom stereocenters. The number of carbonyl (C=O) groups is 1. The van der Waals surface area contributed by atoms with Gasteiger partial charge in [0.05, 0.1) is 41.2 Å². The number of halogens is 1. The zero-order valence-electron chi connectivity index (χ0n) is 16.2. The number of hydrogen-bond donors (Lipinski definition) is 1. The van der Waals surface area contributed by atoms with Crippen LogP contribution in [0.4, 0.5) is 5.69 Å². The summed E-state index contributed by atoms with van der Waals surface area (Å²) in [6, 6.07) is 9.41. The quantitative estimate of drug-likeness (QED) is 0.449. The highest BCUT2D eigenvalue weighted by Crippen LogP contribution is 2.26. The molecule has 1 amide bonds. The van der Waals surface area contributed by atoms with E-state index in [1.165, 1.54) is 4.90 Å². The average Bonchev–Trinajstić information content (AvgIpc) is 3.36. The molecule has 0 aliphatic heterocycles. The lowest BCUT2D eigenvalue weighted by Crippen LogP contribution is -2.27. The van der Waals surface area contributed by atoms with Crippen molar-refractivity contribution >= 4 is 39.7 Å². The molecule has 0 radical (unpaired) electrons. The molecular formula is C21H16ClN7O. The second-order valence-electron chi connectivity index (χ2n) is 6.92. The molecule has 148 valence electrons. The van der Waals surface area contributed by atoms with Gasteiger partial charge in [-0.15, -0.1) is 0 Å². The van der Waals surface area contributed by atoms with Crippen molar-refractivity contribution in [2.24, 2.45) is 0 Å². The van der Waals surface area contributed by atoms with E-state index in [9.17, 15) is 4.79 Å². The maximum absolute atomic E-state index is 13.0. The second kappa shape index (κ2) is 6.93. The number of anilines is 1. The van der Waals surface area contributed by atoms with Gasteiger partial charge in [-0.1, -0.05) is 17.7 Å². The third kappa shape index (κ3) is 2.98. The molecular weight excluding hydrogens is 402 g/mol. The van der Waals surface area contributed by atoms with Crippen LogP contribution in [-0.2, 0) is 0 Å². The molecule has 4 aromatic heterocycles. The van der Waals surface area contributed by atoms with Crippen LogP contribution < -0.4 is 4.90 Å². The Morgan fingerprint density at radius 3 is 2.77 bits per heavy atom. The molecule has 5 rings (SSSR count). The van der Waals surface area contributed by atoms with Gasteiger partial charge in [-0.05, 0) is 31.2 Å². The monoisotopic (exact) mass is 417 g/mol. The van der Waals surface area contributed by atoms with Crippen LogP contribution in [0.3, 0.4) is 0 Å². The Labute approximate surface area is 176 Å². The Bertz CT molecular complexity index is 1400. The fraction of sp³-hybridized carbons (Fsp3) is 0.0952. The Morgan fingerprint density at radius 2 is 1.97 bits per heavy atom. The van der Waals surface area contributed by atoms with Crippen molar-refractivity contribution in [2.75, 3.05) is 11.9 Å². The highest BCUT2D eigenvalue weighted by molar-refractivity contribution is 6.29. The van der Waals surface area contributed by atoms with Crippen LogP contribution in [0.15, 0.2) is 55.1 Å². The molecule has 1 aromatic carbocycles. The number of hydrogen-bond acceptors (Lipinski definition) is 5. The first-order valence-electron chi connectivity index (χ1n) is 9.19. The van der Waals surface area contributed by atoms with E-state index in [4.69, 9.17) is 11.6 Å². The molecule has 0 bridgehead atoms. The second-order valence-corrected chi connectivity index (χ2v) is 7.30. The lowest BCUT2D eigenvalue weighted by Gasteiger charge is -2.16. The molecule has 0 fully saturated rings. The summed E-state index contributed by atoms with van der Waals surface area (Å²) >= 11 is 5.84. The molecule has 4 heterocycles. The molecule has 30 heavy (non-hydrogen) atoms. The Morgan fingerprint density at radius 1 is 1.10 bits per heavy atom. The fourth-order valence-corrected chi connectivity index (χ4v) is 3.49. The first kappa shape index (κ1) is 18.3. The van der Waals surface area contributed by atoms with Gasteiger partial charge >= 0.3 is 0 Å². The Balaban J connectivity index is 1.56. The number of nitrogens with zero attached hydrogens (tertiary/aromatic N) is 6. The minimum atomic E-state index is -0.262. The van der Waals surface area contributed by atoms with E-state index in [0.717, 1.165) is 27.9 Å². The summed E-state index contributed by atoms with van der Waals surface area (Å²) in [5.74, 6) is -0.262. The zero-order valence-corrected chi connectivity index (χ0v) is 16.9. The van der Waals surface area contributed by atoms with Crippen LogP contribution in [0, 0.1) is 6.92 Å². The van der Waals surface area contributed by atoms with E-state index < -0.39 is 0 Å². The molecule has 0 saturated heterocycles. The van der Waals surface area contributed by atoms with Crippen molar-refractivity contribution in [1.82, 2.24) is 29.5 Å². The number of carbonyl (C=O) groups excluding carboxylic acids is 1. The van der Waals surface area contributed by atoms with Crippen molar-refractivity contribution in [3.63, 3.8) is 0 Å². The minimum Gasteiger partial charge on any atom is -0.309 e. The number of pyridine rings is 1. The zero-order chi connectivity index (χ0) is 20.8. The maximum atomic E-state index is 13.0. The van der Waals surface area contributed by atoms with Crippen LogP contribution >= 0.6 is 11.6 Å². The molecule has 0 unspecified atom stereocenters. The first-order valence-corrected chi connectivity index (χ1v) is 9.57. The predicted molar refractivity (Wildman–Crippen MR) is 115 cm³/mol. The van der Waals surface area contributed by atoms with Gasteiger partial charge in [0.1, 0.15) is 10.8 Å². The highest BCUT2D eigenvalue weighted by Gasteiger charge is 2.17. The topological polar surface area (TPSA) is 92.1 Å². The summed E-state index contributed by atoms with van der Waals surface area (Å²) in [6.45, 7) is 1.96. The van der Waals surface area contributed by atoms with Crippen LogP contribution in [0.5, 0.6) is 0 Å². The summed E-state index contributed by atoms with van der Waals surface area (Å²) in [7, 11) is 1.67. The summed E-state index contributed by atoms with van der Waals surface area (Å²) in [6.07, 6.45) is 6.61. The number of benzene rings is 1. The molecule has 5 aromatic rings. The van der Waals surface area contributed by atoms with Gasteiger partial charge in [0.15, 0.2) is 5.65 Å². The van der Waals surface area contributed by atoms with Crippen molar-refractivity contribution in [1.29, 1.82) is 0 Å².